The van der Waals surface area contributed by atoms with Gasteiger partial charge in [0.05, 0.1) is 11.6 Å². The first kappa shape index (κ1) is 18.3. The maximum atomic E-state index is 12.2. The molecular weight excluding hydrogens is 346 g/mol. The average molecular weight is 367 g/mol. The van der Waals surface area contributed by atoms with Crippen molar-refractivity contribution in [2.45, 2.75) is 29.1 Å². The molecule has 0 heterocycles. The second kappa shape index (κ2) is 9.25. The summed E-state index contributed by atoms with van der Waals surface area (Å²) in [5, 5.41) is 2.84. The summed E-state index contributed by atoms with van der Waals surface area (Å²) in [7, 11) is 0. The third-order valence-electron chi connectivity index (χ3n) is 4.08. The number of hydrogen-bond acceptors (Lipinski definition) is 4. The third kappa shape index (κ3) is 5.23. The lowest BCUT2D eigenvalue weighted by Gasteiger charge is -2.16. The Hall–Kier alpha value is -2.53. The van der Waals surface area contributed by atoms with Crippen LogP contribution in [-0.2, 0) is 14.3 Å². The van der Waals surface area contributed by atoms with E-state index in [0.29, 0.717) is 12.1 Å². The first-order valence-electron chi connectivity index (χ1n) is 8.66. The Kier molecular flexibility index (Phi) is 6.50. The van der Waals surface area contributed by atoms with E-state index in [1.807, 2.05) is 60.7 Å². The fraction of sp³-hybridized carbons (Fsp3) is 0.238. The molecule has 1 aliphatic rings. The number of carbonyl (C=O) groups is 2. The highest BCUT2D eigenvalue weighted by molar-refractivity contribution is 7.99. The number of nitrogens with one attached hydrogen (secondary N) is 1. The Bertz CT molecular complexity index is 789. The minimum absolute atomic E-state index is 0.131. The molecule has 1 unspecified atom stereocenters. The van der Waals surface area contributed by atoms with E-state index in [9.17, 15) is 9.59 Å². The van der Waals surface area contributed by atoms with Crippen LogP contribution in [0.15, 0.2) is 76.5 Å². The molecule has 4 nitrogen and oxygen atoms in total. The van der Waals surface area contributed by atoms with Crippen molar-refractivity contribution in [3.05, 3.63) is 66.7 Å². The van der Waals surface area contributed by atoms with E-state index in [2.05, 4.69) is 11.4 Å². The van der Waals surface area contributed by atoms with Crippen LogP contribution in [0.4, 0.5) is 5.69 Å². The Morgan fingerprint density at radius 3 is 2.58 bits per heavy atom. The van der Waals surface area contributed by atoms with Gasteiger partial charge in [-0.25, -0.2) is 0 Å². The van der Waals surface area contributed by atoms with Crippen LogP contribution in [0.5, 0.6) is 0 Å². The van der Waals surface area contributed by atoms with Gasteiger partial charge in [0.1, 0.15) is 0 Å². The molecule has 0 spiro atoms. The highest BCUT2D eigenvalue weighted by Crippen LogP contribution is 2.33. The summed E-state index contributed by atoms with van der Waals surface area (Å²) in [6.07, 6.45) is 6.42. The first-order valence-corrected chi connectivity index (χ1v) is 9.47. The number of ether oxygens (including phenoxy) is 1. The molecule has 1 amide bonds. The van der Waals surface area contributed by atoms with E-state index in [-0.39, 0.29) is 24.4 Å². The van der Waals surface area contributed by atoms with Gasteiger partial charge in [0.2, 0.25) is 0 Å². The summed E-state index contributed by atoms with van der Waals surface area (Å²) in [5.41, 5.74) is 0.711. The molecule has 0 radical (unpaired) electrons. The van der Waals surface area contributed by atoms with Crippen LogP contribution in [0.1, 0.15) is 19.3 Å². The van der Waals surface area contributed by atoms with Crippen LogP contribution in [0.2, 0.25) is 0 Å². The molecule has 5 heteroatoms. The van der Waals surface area contributed by atoms with Gasteiger partial charge in [-0.3, -0.25) is 9.59 Å². The highest BCUT2D eigenvalue weighted by Gasteiger charge is 2.21. The second-order valence-corrected chi connectivity index (χ2v) is 7.16. The molecule has 0 aromatic heterocycles. The van der Waals surface area contributed by atoms with Gasteiger partial charge in [0, 0.05) is 9.79 Å². The zero-order valence-electron chi connectivity index (χ0n) is 14.4. The lowest BCUT2D eigenvalue weighted by Crippen LogP contribution is -2.25. The zero-order chi connectivity index (χ0) is 18.2. The number of allylic oxidation sites excluding steroid dienone is 2. The number of anilines is 1. The van der Waals surface area contributed by atoms with Crippen molar-refractivity contribution in [2.24, 2.45) is 5.92 Å². The summed E-state index contributed by atoms with van der Waals surface area (Å²) >= 11 is 1.57. The predicted molar refractivity (Wildman–Crippen MR) is 103 cm³/mol. The van der Waals surface area contributed by atoms with Crippen molar-refractivity contribution in [2.75, 3.05) is 11.9 Å². The van der Waals surface area contributed by atoms with Crippen LogP contribution in [0.3, 0.4) is 0 Å². The van der Waals surface area contributed by atoms with Crippen LogP contribution >= 0.6 is 11.8 Å². The van der Waals surface area contributed by atoms with E-state index in [0.717, 1.165) is 22.6 Å². The monoisotopic (exact) mass is 367 g/mol. The van der Waals surface area contributed by atoms with E-state index < -0.39 is 0 Å². The summed E-state index contributed by atoms with van der Waals surface area (Å²) in [4.78, 5) is 26.2. The number of para-hydroxylation sites is 1. The van der Waals surface area contributed by atoms with Crippen LogP contribution in [-0.4, -0.2) is 18.5 Å². The molecule has 0 saturated heterocycles. The van der Waals surface area contributed by atoms with Gasteiger partial charge in [-0.15, -0.1) is 0 Å². The van der Waals surface area contributed by atoms with Gasteiger partial charge >= 0.3 is 5.97 Å². The van der Waals surface area contributed by atoms with Gasteiger partial charge in [-0.1, -0.05) is 54.2 Å². The van der Waals surface area contributed by atoms with E-state index in [1.165, 1.54) is 0 Å². The minimum atomic E-state index is -0.328. The molecule has 0 fully saturated rings. The van der Waals surface area contributed by atoms with Crippen LogP contribution in [0.25, 0.3) is 0 Å². The van der Waals surface area contributed by atoms with Crippen molar-refractivity contribution in [3.63, 3.8) is 0 Å². The number of benzene rings is 2. The zero-order valence-corrected chi connectivity index (χ0v) is 15.2. The topological polar surface area (TPSA) is 55.4 Å². The quantitative estimate of drug-likeness (QED) is 0.595. The minimum Gasteiger partial charge on any atom is -0.455 e. The summed E-state index contributed by atoms with van der Waals surface area (Å²) in [6, 6.07) is 17.5. The summed E-state index contributed by atoms with van der Waals surface area (Å²) in [6.45, 7) is -0.261. The molecule has 0 saturated carbocycles. The van der Waals surface area contributed by atoms with E-state index >= 15 is 0 Å². The standard InChI is InChI=1S/C21H21NO3S/c23-20(15-25-21(24)16-9-3-1-4-10-16)22-18-13-7-8-14-19(18)26-17-11-5-2-6-12-17/h1-3,5-8,11-14,16H,4,9-10,15H2,(H,22,23). The number of rotatable bonds is 6. The molecule has 2 aromatic rings. The number of carbonyl (C=O) groups excluding carboxylic acids is 2. The van der Waals surface area contributed by atoms with Crippen molar-refractivity contribution >= 4 is 29.3 Å². The molecule has 26 heavy (non-hydrogen) atoms. The Morgan fingerprint density at radius 2 is 1.81 bits per heavy atom. The van der Waals surface area contributed by atoms with Gasteiger partial charge in [0.25, 0.3) is 5.91 Å². The molecule has 1 aliphatic carbocycles. The largest absolute Gasteiger partial charge is 0.455 e. The molecule has 0 aliphatic heterocycles. The van der Waals surface area contributed by atoms with Crippen LogP contribution in [0, 0.1) is 5.92 Å². The predicted octanol–water partition coefficient (Wildman–Crippen LogP) is 4.68. The van der Waals surface area contributed by atoms with Crippen molar-refractivity contribution in [1.82, 2.24) is 0 Å². The lowest BCUT2D eigenvalue weighted by molar-refractivity contribution is -0.151. The first-order chi connectivity index (χ1) is 12.7. The summed E-state index contributed by atoms with van der Waals surface area (Å²) in [5.74, 6) is -0.754. The maximum Gasteiger partial charge on any atom is 0.309 e. The van der Waals surface area contributed by atoms with E-state index in [4.69, 9.17) is 4.74 Å². The fourth-order valence-electron chi connectivity index (χ4n) is 2.72. The maximum absolute atomic E-state index is 12.2. The third-order valence-corrected chi connectivity index (χ3v) is 5.16. The number of esters is 1. The fourth-order valence-corrected chi connectivity index (χ4v) is 3.65. The SMILES string of the molecule is O=C(COC(=O)C1CC=CCC1)Nc1ccccc1Sc1ccccc1. The van der Waals surface area contributed by atoms with Gasteiger partial charge < -0.3 is 10.1 Å². The van der Waals surface area contributed by atoms with Crippen molar-refractivity contribution < 1.29 is 14.3 Å². The van der Waals surface area contributed by atoms with Crippen molar-refractivity contribution in [1.29, 1.82) is 0 Å². The molecule has 1 atom stereocenters. The molecule has 134 valence electrons. The number of amides is 1. The van der Waals surface area contributed by atoms with Crippen molar-refractivity contribution in [3.8, 4) is 0 Å². The lowest BCUT2D eigenvalue weighted by atomic mass is 9.95. The second-order valence-electron chi connectivity index (χ2n) is 6.05. The molecule has 1 N–H and O–H groups in total. The summed E-state index contributed by atoms with van der Waals surface area (Å²) < 4.78 is 5.18. The normalized spacial score (nSPS) is 16.1. The van der Waals surface area contributed by atoms with E-state index in [1.54, 1.807) is 11.8 Å². The average Bonchev–Trinajstić information content (AvgIpc) is 2.69. The molecule has 3 rings (SSSR count). The van der Waals surface area contributed by atoms with Crippen LogP contribution < -0.4 is 5.32 Å². The Balaban J connectivity index is 1.55. The molecular formula is C21H21NO3S. The Morgan fingerprint density at radius 1 is 1.04 bits per heavy atom. The van der Waals surface area contributed by atoms with Gasteiger partial charge in [-0.05, 0) is 43.5 Å². The van der Waals surface area contributed by atoms with Gasteiger partial charge in [-0.2, -0.15) is 0 Å². The molecule has 2 aromatic carbocycles. The number of hydrogen-bond donors (Lipinski definition) is 1. The smallest absolute Gasteiger partial charge is 0.309 e. The molecule has 0 bridgehead atoms. The highest BCUT2D eigenvalue weighted by atomic mass is 32.2. The Labute approximate surface area is 157 Å². The van der Waals surface area contributed by atoms with Gasteiger partial charge in [0.15, 0.2) is 6.61 Å².